The van der Waals surface area contributed by atoms with Crippen LogP contribution in [0.4, 0.5) is 0 Å². The molecule has 1 heterocycles. The lowest BCUT2D eigenvalue weighted by molar-refractivity contribution is 0.412. The van der Waals surface area contributed by atoms with E-state index in [1.54, 1.807) is 14.2 Å². The first-order valence-electron chi connectivity index (χ1n) is 8.35. The summed E-state index contributed by atoms with van der Waals surface area (Å²) in [5, 5.41) is 1.07. The van der Waals surface area contributed by atoms with Gasteiger partial charge in [0.25, 0.3) is 0 Å². The van der Waals surface area contributed by atoms with Gasteiger partial charge in [-0.3, -0.25) is 0 Å². The smallest absolute Gasteiger partial charge is 0.160 e. The fraction of sp³-hybridized carbons (Fsp3) is 0.333. The van der Waals surface area contributed by atoms with E-state index in [1.807, 2.05) is 37.3 Å². The zero-order chi connectivity index (χ0) is 18.2. The van der Waals surface area contributed by atoms with Crippen molar-refractivity contribution in [1.82, 2.24) is 9.97 Å². The van der Waals surface area contributed by atoms with Gasteiger partial charge in [-0.05, 0) is 43.3 Å². The Balaban J connectivity index is 2.30. The Kier molecular flexibility index (Phi) is 4.38. The van der Waals surface area contributed by atoms with Crippen molar-refractivity contribution in [2.45, 2.75) is 33.1 Å². The molecule has 4 heteroatoms. The SMILES string of the molecule is COc1ccc(-c2nc(C(C)(C)C)c3ccc(OC)c(C)c3n2)cc1. The third-order valence-electron chi connectivity index (χ3n) is 4.35. The Hall–Kier alpha value is -2.62. The van der Waals surface area contributed by atoms with Gasteiger partial charge in [0.1, 0.15) is 11.5 Å². The average Bonchev–Trinajstić information content (AvgIpc) is 2.60. The molecule has 0 aliphatic carbocycles. The zero-order valence-electron chi connectivity index (χ0n) is 15.7. The summed E-state index contributed by atoms with van der Waals surface area (Å²) in [6, 6.07) is 11.9. The number of nitrogens with zero attached hydrogens (tertiary/aromatic N) is 2. The van der Waals surface area contributed by atoms with Crippen molar-refractivity contribution in [3.63, 3.8) is 0 Å². The fourth-order valence-corrected chi connectivity index (χ4v) is 2.98. The number of aromatic nitrogens is 2. The molecule has 1 aromatic heterocycles. The first kappa shape index (κ1) is 17.2. The summed E-state index contributed by atoms with van der Waals surface area (Å²) in [6.07, 6.45) is 0. The van der Waals surface area contributed by atoms with Gasteiger partial charge in [-0.1, -0.05) is 20.8 Å². The highest BCUT2D eigenvalue weighted by atomic mass is 16.5. The minimum absolute atomic E-state index is 0.0938. The monoisotopic (exact) mass is 336 g/mol. The first-order valence-corrected chi connectivity index (χ1v) is 8.35. The number of benzene rings is 2. The van der Waals surface area contributed by atoms with Gasteiger partial charge in [0, 0.05) is 21.9 Å². The zero-order valence-corrected chi connectivity index (χ0v) is 15.7. The molecule has 0 spiro atoms. The van der Waals surface area contributed by atoms with Crippen LogP contribution in [0, 0.1) is 6.92 Å². The van der Waals surface area contributed by atoms with Crippen molar-refractivity contribution in [3.8, 4) is 22.9 Å². The number of aryl methyl sites for hydroxylation is 1. The van der Waals surface area contributed by atoms with Gasteiger partial charge in [0.15, 0.2) is 5.82 Å². The van der Waals surface area contributed by atoms with Crippen LogP contribution < -0.4 is 9.47 Å². The van der Waals surface area contributed by atoms with E-state index >= 15 is 0 Å². The van der Waals surface area contributed by atoms with Crippen LogP contribution >= 0.6 is 0 Å². The highest BCUT2D eigenvalue weighted by molar-refractivity contribution is 5.88. The Morgan fingerprint density at radius 2 is 1.52 bits per heavy atom. The van der Waals surface area contributed by atoms with Gasteiger partial charge in [-0.2, -0.15) is 0 Å². The first-order chi connectivity index (χ1) is 11.8. The van der Waals surface area contributed by atoms with Crippen LogP contribution in [0.5, 0.6) is 11.5 Å². The summed E-state index contributed by atoms with van der Waals surface area (Å²) in [7, 11) is 3.35. The van der Waals surface area contributed by atoms with E-state index in [0.717, 1.165) is 45.0 Å². The molecule has 3 aromatic rings. The summed E-state index contributed by atoms with van der Waals surface area (Å²) >= 11 is 0. The van der Waals surface area contributed by atoms with Crippen LogP contribution in [-0.4, -0.2) is 24.2 Å². The number of hydrogen-bond donors (Lipinski definition) is 0. The molecule has 0 N–H and O–H groups in total. The molecule has 0 bridgehead atoms. The second-order valence-corrected chi connectivity index (χ2v) is 7.16. The van der Waals surface area contributed by atoms with Gasteiger partial charge in [-0.15, -0.1) is 0 Å². The third-order valence-corrected chi connectivity index (χ3v) is 4.35. The van der Waals surface area contributed by atoms with Crippen LogP contribution in [-0.2, 0) is 5.41 Å². The molecule has 3 rings (SSSR count). The highest BCUT2D eigenvalue weighted by Crippen LogP contribution is 2.34. The Labute approximate surface area is 148 Å². The van der Waals surface area contributed by atoms with Crippen molar-refractivity contribution in [2.24, 2.45) is 0 Å². The lowest BCUT2D eigenvalue weighted by atomic mass is 9.88. The van der Waals surface area contributed by atoms with Gasteiger partial charge in [0.2, 0.25) is 0 Å². The molecule has 0 saturated carbocycles. The molecule has 0 atom stereocenters. The van der Waals surface area contributed by atoms with Crippen molar-refractivity contribution >= 4 is 10.9 Å². The molecule has 0 aliphatic heterocycles. The molecular formula is C21H24N2O2. The molecule has 0 radical (unpaired) electrons. The van der Waals surface area contributed by atoms with Gasteiger partial charge in [-0.25, -0.2) is 9.97 Å². The predicted molar refractivity (Wildman–Crippen MR) is 102 cm³/mol. The second kappa shape index (κ2) is 6.36. The lowest BCUT2D eigenvalue weighted by Crippen LogP contribution is -2.16. The molecule has 0 unspecified atom stereocenters. The van der Waals surface area contributed by atoms with Crippen LogP contribution in [0.2, 0.25) is 0 Å². The van der Waals surface area contributed by atoms with Crippen molar-refractivity contribution in [1.29, 1.82) is 0 Å². The summed E-state index contributed by atoms with van der Waals surface area (Å²) in [5.41, 5.74) is 3.88. The minimum atomic E-state index is -0.0938. The number of rotatable bonds is 3. The number of fused-ring (bicyclic) bond motifs is 1. The summed E-state index contributed by atoms with van der Waals surface area (Å²) in [4.78, 5) is 9.75. The van der Waals surface area contributed by atoms with E-state index in [-0.39, 0.29) is 5.41 Å². The van der Waals surface area contributed by atoms with Gasteiger partial charge >= 0.3 is 0 Å². The number of hydrogen-bond acceptors (Lipinski definition) is 4. The van der Waals surface area contributed by atoms with Crippen molar-refractivity contribution in [3.05, 3.63) is 47.7 Å². The van der Waals surface area contributed by atoms with Gasteiger partial charge in [0.05, 0.1) is 25.4 Å². The van der Waals surface area contributed by atoms with Crippen molar-refractivity contribution in [2.75, 3.05) is 14.2 Å². The average molecular weight is 336 g/mol. The summed E-state index contributed by atoms with van der Waals surface area (Å²) < 4.78 is 10.7. The Bertz CT molecular complexity index is 910. The van der Waals surface area contributed by atoms with Crippen LogP contribution in [0.25, 0.3) is 22.3 Å². The Morgan fingerprint density at radius 1 is 0.840 bits per heavy atom. The van der Waals surface area contributed by atoms with Gasteiger partial charge < -0.3 is 9.47 Å². The van der Waals surface area contributed by atoms with E-state index < -0.39 is 0 Å². The minimum Gasteiger partial charge on any atom is -0.497 e. The van der Waals surface area contributed by atoms with Crippen molar-refractivity contribution < 1.29 is 9.47 Å². The summed E-state index contributed by atoms with van der Waals surface area (Å²) in [6.45, 7) is 8.56. The lowest BCUT2D eigenvalue weighted by Gasteiger charge is -2.22. The second-order valence-electron chi connectivity index (χ2n) is 7.16. The molecule has 0 fully saturated rings. The summed E-state index contributed by atoms with van der Waals surface area (Å²) in [5.74, 6) is 2.38. The molecule has 0 saturated heterocycles. The van der Waals surface area contributed by atoms with E-state index in [2.05, 4.69) is 26.8 Å². The van der Waals surface area contributed by atoms with Crippen LogP contribution in [0.15, 0.2) is 36.4 Å². The standard InChI is InChI=1S/C21H24N2O2/c1-13-17(25-6)12-11-16-18(13)22-20(23-19(16)21(2,3)4)14-7-9-15(24-5)10-8-14/h7-12H,1-6H3. The number of ether oxygens (including phenoxy) is 2. The molecule has 0 amide bonds. The highest BCUT2D eigenvalue weighted by Gasteiger charge is 2.22. The van der Waals surface area contributed by atoms with E-state index in [9.17, 15) is 0 Å². The number of methoxy groups -OCH3 is 2. The maximum absolute atomic E-state index is 5.48. The maximum Gasteiger partial charge on any atom is 0.160 e. The largest absolute Gasteiger partial charge is 0.497 e. The molecular weight excluding hydrogens is 312 g/mol. The molecule has 4 nitrogen and oxygen atoms in total. The maximum atomic E-state index is 5.48. The quantitative estimate of drug-likeness (QED) is 0.681. The fourth-order valence-electron chi connectivity index (χ4n) is 2.98. The topological polar surface area (TPSA) is 44.2 Å². The molecule has 0 aliphatic rings. The van der Waals surface area contributed by atoms with E-state index in [0.29, 0.717) is 0 Å². The predicted octanol–water partition coefficient (Wildman–Crippen LogP) is 4.92. The van der Waals surface area contributed by atoms with E-state index in [1.165, 1.54) is 0 Å². The van der Waals surface area contributed by atoms with Crippen LogP contribution in [0.1, 0.15) is 32.0 Å². The molecule has 25 heavy (non-hydrogen) atoms. The normalized spacial score (nSPS) is 11.6. The molecule has 130 valence electrons. The third kappa shape index (κ3) is 3.16. The van der Waals surface area contributed by atoms with Crippen LogP contribution in [0.3, 0.4) is 0 Å². The van der Waals surface area contributed by atoms with E-state index in [4.69, 9.17) is 19.4 Å². The molecule has 2 aromatic carbocycles. The Morgan fingerprint density at radius 3 is 2.08 bits per heavy atom.